The topological polar surface area (TPSA) is 6.02 Å². The van der Waals surface area contributed by atoms with Crippen LogP contribution < -0.4 is 0 Å². The Hall–Kier alpha value is -3.08. The molecule has 0 aromatic heterocycles. The van der Waals surface area contributed by atoms with Gasteiger partial charge in [0, 0.05) is 57.6 Å². The summed E-state index contributed by atoms with van der Waals surface area (Å²) < 4.78 is 4.67. The first-order chi connectivity index (χ1) is 16.6. The summed E-state index contributed by atoms with van der Waals surface area (Å²) in [7, 11) is 0. The van der Waals surface area contributed by atoms with Crippen LogP contribution in [-0.4, -0.2) is 25.4 Å². The van der Waals surface area contributed by atoms with Crippen LogP contribution >= 0.6 is 23.5 Å². The van der Waals surface area contributed by atoms with Crippen LogP contribution in [0.1, 0.15) is 30.5 Å². The normalized spacial score (nSPS) is 21.4. The summed E-state index contributed by atoms with van der Waals surface area (Å²) in [5.41, 5.74) is 7.58. The van der Waals surface area contributed by atoms with Crippen LogP contribution in [-0.2, 0) is 5.41 Å². The van der Waals surface area contributed by atoms with Crippen LogP contribution in [0.2, 0.25) is 0 Å². The van der Waals surface area contributed by atoms with Crippen molar-refractivity contribution in [3.8, 4) is 0 Å². The molecule has 0 radical (unpaired) electrons. The van der Waals surface area contributed by atoms with Crippen molar-refractivity contribution >= 4 is 46.8 Å². The van der Waals surface area contributed by atoms with E-state index < -0.39 is 4.33 Å². The molecular formula is C30H24N2S2+2. The molecule has 0 aliphatic carbocycles. The Morgan fingerprint density at radius 1 is 0.647 bits per heavy atom. The number of rotatable bonds is 2. The van der Waals surface area contributed by atoms with E-state index in [1.807, 2.05) is 23.5 Å². The van der Waals surface area contributed by atoms with Gasteiger partial charge in [-0.15, -0.1) is 9.15 Å². The molecule has 1 unspecified atom stereocenters. The molecule has 4 aromatic rings. The molecule has 3 aliphatic rings. The Kier molecular flexibility index (Phi) is 4.31. The Morgan fingerprint density at radius 2 is 1.32 bits per heavy atom. The molecule has 4 aromatic carbocycles. The second-order valence-electron chi connectivity index (χ2n) is 9.45. The Bertz CT molecular complexity index is 1520. The van der Waals surface area contributed by atoms with Gasteiger partial charge in [0.2, 0.25) is 17.1 Å². The van der Waals surface area contributed by atoms with Crippen molar-refractivity contribution in [1.29, 1.82) is 0 Å². The fraction of sp³-hybridized carbons (Fsp3) is 0.133. The van der Waals surface area contributed by atoms with Crippen LogP contribution in [0.5, 0.6) is 0 Å². The maximum atomic E-state index is 2.61. The fourth-order valence-electron chi connectivity index (χ4n) is 5.53. The molecule has 3 heterocycles. The summed E-state index contributed by atoms with van der Waals surface area (Å²) in [6.07, 6.45) is 2.36. The predicted octanol–water partition coefficient (Wildman–Crippen LogP) is 7.40. The molecule has 0 N–H and O–H groups in total. The van der Waals surface area contributed by atoms with Gasteiger partial charge in [0.25, 0.3) is 0 Å². The quantitative estimate of drug-likeness (QED) is 0.278. The molecular weight excluding hydrogens is 452 g/mol. The molecule has 1 spiro atoms. The average Bonchev–Trinajstić information content (AvgIpc) is 2.93. The lowest BCUT2D eigenvalue weighted by molar-refractivity contribution is -0.692. The van der Waals surface area contributed by atoms with Gasteiger partial charge in [0.05, 0.1) is 16.5 Å². The van der Waals surface area contributed by atoms with E-state index in [2.05, 4.69) is 132 Å². The minimum Gasteiger partial charge on any atom is -0.114 e. The highest BCUT2D eigenvalue weighted by Crippen LogP contribution is 2.61. The summed E-state index contributed by atoms with van der Waals surface area (Å²) in [6, 6.07) is 37.5. The van der Waals surface area contributed by atoms with E-state index in [9.17, 15) is 0 Å². The third kappa shape index (κ3) is 2.67. The van der Waals surface area contributed by atoms with Crippen molar-refractivity contribution in [1.82, 2.24) is 0 Å². The summed E-state index contributed by atoms with van der Waals surface area (Å²) >= 11 is 3.93. The Balaban J connectivity index is 1.70. The minimum absolute atomic E-state index is 0.187. The average molecular weight is 477 g/mol. The van der Waals surface area contributed by atoms with Crippen LogP contribution in [0.15, 0.2) is 113 Å². The van der Waals surface area contributed by atoms with E-state index in [1.165, 1.54) is 43.6 Å². The number of thioether (sulfide) groups is 2. The fourth-order valence-corrected chi connectivity index (χ4v) is 8.95. The first kappa shape index (κ1) is 20.3. The number of fused-ring (bicyclic) bond motifs is 2. The van der Waals surface area contributed by atoms with E-state index >= 15 is 0 Å². The second-order valence-corrected chi connectivity index (χ2v) is 12.1. The van der Waals surface area contributed by atoms with Gasteiger partial charge in [-0.2, -0.15) is 0 Å². The lowest BCUT2D eigenvalue weighted by Gasteiger charge is -2.33. The molecule has 0 saturated carbocycles. The van der Waals surface area contributed by atoms with Gasteiger partial charge in [-0.05, 0) is 37.6 Å². The summed E-state index contributed by atoms with van der Waals surface area (Å²) in [4.78, 5) is 2.71. The van der Waals surface area contributed by atoms with Crippen molar-refractivity contribution in [2.45, 2.75) is 33.4 Å². The largest absolute Gasteiger partial charge is 0.471 e. The summed E-state index contributed by atoms with van der Waals surface area (Å²) in [5.74, 6) is 0. The van der Waals surface area contributed by atoms with E-state index in [0.717, 1.165) is 0 Å². The Morgan fingerprint density at radius 3 is 2.09 bits per heavy atom. The molecule has 7 rings (SSSR count). The summed E-state index contributed by atoms with van der Waals surface area (Å²) in [6.45, 7) is 4.78. The monoisotopic (exact) mass is 476 g/mol. The highest BCUT2D eigenvalue weighted by atomic mass is 32.2. The third-order valence-corrected chi connectivity index (χ3v) is 10.1. The van der Waals surface area contributed by atoms with Crippen molar-refractivity contribution in [2.24, 2.45) is 0 Å². The molecule has 0 amide bonds. The number of nitrogens with zero attached hydrogens (tertiary/aromatic N) is 2. The van der Waals surface area contributed by atoms with Gasteiger partial charge in [-0.25, -0.2) is 0 Å². The van der Waals surface area contributed by atoms with E-state index in [0.29, 0.717) is 0 Å². The Labute approximate surface area is 208 Å². The molecule has 1 atom stereocenters. The number of para-hydroxylation sites is 2. The zero-order valence-electron chi connectivity index (χ0n) is 19.1. The van der Waals surface area contributed by atoms with Crippen molar-refractivity contribution in [3.63, 3.8) is 0 Å². The van der Waals surface area contributed by atoms with Gasteiger partial charge in [0.1, 0.15) is 0 Å². The van der Waals surface area contributed by atoms with Gasteiger partial charge in [-0.1, -0.05) is 60.7 Å². The number of hydrogen-bond donors (Lipinski definition) is 0. The van der Waals surface area contributed by atoms with Crippen molar-refractivity contribution < 1.29 is 9.15 Å². The van der Waals surface area contributed by atoms with Crippen LogP contribution in [0.25, 0.3) is 0 Å². The molecule has 34 heavy (non-hydrogen) atoms. The zero-order valence-corrected chi connectivity index (χ0v) is 20.7. The van der Waals surface area contributed by atoms with E-state index in [4.69, 9.17) is 0 Å². The predicted molar refractivity (Wildman–Crippen MR) is 142 cm³/mol. The van der Waals surface area contributed by atoms with Gasteiger partial charge in [-0.3, -0.25) is 0 Å². The number of hydrogen-bond acceptors (Lipinski definition) is 2. The third-order valence-electron chi connectivity index (χ3n) is 7.06. The second kappa shape index (κ2) is 7.21. The van der Waals surface area contributed by atoms with Crippen molar-refractivity contribution in [3.05, 3.63) is 120 Å². The molecule has 2 nitrogen and oxygen atoms in total. The lowest BCUT2D eigenvalue weighted by Crippen LogP contribution is -2.51. The number of benzene rings is 4. The zero-order chi connectivity index (χ0) is 22.9. The van der Waals surface area contributed by atoms with Crippen LogP contribution in [0.4, 0.5) is 11.4 Å². The molecule has 4 heteroatoms. The first-order valence-electron chi connectivity index (χ1n) is 11.6. The maximum absolute atomic E-state index is 2.61. The highest BCUT2D eigenvalue weighted by molar-refractivity contribution is 8.17. The molecule has 0 saturated heterocycles. The van der Waals surface area contributed by atoms with Crippen LogP contribution in [0.3, 0.4) is 0 Å². The van der Waals surface area contributed by atoms with Gasteiger partial charge >= 0.3 is 4.33 Å². The standard InChI is InChI=1S/C30H24N2S2/c1-29(2)25-18-11-12-21-20-31(22-13-5-3-6-14-22)30(34-27(21)25)32(23-15-7-4-8-16-23)28(29)24-17-9-10-19-26(24)33-30/h3-20H,1-2H3/q+2. The highest BCUT2D eigenvalue weighted by Gasteiger charge is 2.66. The lowest BCUT2D eigenvalue weighted by atomic mass is 9.76. The molecule has 164 valence electrons. The SMILES string of the molecule is CC1(C)C2=[N+](c3ccccc3)C3(Sc4ccccc42)Sc2c(cccc21)C=[N+]3c1ccccc1. The van der Waals surface area contributed by atoms with Gasteiger partial charge < -0.3 is 0 Å². The summed E-state index contributed by atoms with van der Waals surface area (Å²) in [5, 5.41) is 0. The van der Waals surface area contributed by atoms with Gasteiger partial charge in [0.15, 0.2) is 6.21 Å². The van der Waals surface area contributed by atoms with Crippen molar-refractivity contribution in [2.75, 3.05) is 0 Å². The van der Waals surface area contributed by atoms with Crippen LogP contribution in [0, 0.1) is 0 Å². The molecule has 3 aliphatic heterocycles. The van der Waals surface area contributed by atoms with E-state index in [-0.39, 0.29) is 5.41 Å². The van der Waals surface area contributed by atoms with E-state index in [1.54, 1.807) is 0 Å². The first-order valence-corrected chi connectivity index (χ1v) is 13.3. The maximum Gasteiger partial charge on any atom is 0.471 e. The molecule has 3 bridgehead atoms. The minimum atomic E-state index is -0.427. The molecule has 0 fully saturated rings. The smallest absolute Gasteiger partial charge is 0.114 e.